The van der Waals surface area contributed by atoms with Gasteiger partial charge in [-0.25, -0.2) is 14.6 Å². The predicted octanol–water partition coefficient (Wildman–Crippen LogP) is 2.21. The molecule has 0 saturated heterocycles. The summed E-state index contributed by atoms with van der Waals surface area (Å²) < 4.78 is 7.49. The topological polar surface area (TPSA) is 64.9 Å². The Bertz CT molecular complexity index is 768. The van der Waals surface area contributed by atoms with Crippen molar-refractivity contribution in [2.45, 2.75) is 13.0 Å². The summed E-state index contributed by atoms with van der Waals surface area (Å²) in [6.45, 7) is 1.42. The van der Waals surface area contributed by atoms with E-state index in [1.54, 1.807) is 11.0 Å². The van der Waals surface area contributed by atoms with Crippen molar-refractivity contribution in [3.8, 4) is 11.4 Å². The highest BCUT2D eigenvalue weighted by Crippen LogP contribution is 2.21. The Morgan fingerprint density at radius 3 is 2.86 bits per heavy atom. The molecule has 110 valence electrons. The van der Waals surface area contributed by atoms with Gasteiger partial charge in [0.25, 0.3) is 0 Å². The Hall–Kier alpha value is -2.89. The molecule has 1 aliphatic rings. The Balaban J connectivity index is 1.43. The molecule has 0 saturated carbocycles. The highest BCUT2D eigenvalue weighted by atomic mass is 16.5. The van der Waals surface area contributed by atoms with Crippen LogP contribution in [-0.2, 0) is 13.0 Å². The molecular weight excluding hydrogens is 278 g/mol. The van der Waals surface area contributed by atoms with Crippen LogP contribution in [0.1, 0.15) is 11.3 Å². The summed E-state index contributed by atoms with van der Waals surface area (Å²) in [5.74, 6) is 1.79. The van der Waals surface area contributed by atoms with E-state index in [1.165, 1.54) is 11.9 Å². The van der Waals surface area contributed by atoms with Gasteiger partial charge < -0.3 is 10.1 Å². The number of benzene rings is 1. The van der Waals surface area contributed by atoms with Crippen molar-refractivity contribution in [2.24, 2.45) is 0 Å². The largest absolute Gasteiger partial charge is 0.487 e. The second-order valence-corrected chi connectivity index (χ2v) is 5.11. The van der Waals surface area contributed by atoms with E-state index >= 15 is 0 Å². The van der Waals surface area contributed by atoms with Crippen molar-refractivity contribution < 1.29 is 4.74 Å². The zero-order chi connectivity index (χ0) is 14.8. The lowest BCUT2D eigenvalue weighted by atomic mass is 10.2. The normalized spacial score (nSPS) is 12.7. The number of ether oxygens (including phenoxy) is 1. The molecule has 1 aromatic carbocycles. The van der Waals surface area contributed by atoms with Crippen LogP contribution >= 0.6 is 0 Å². The Kier molecular flexibility index (Phi) is 3.19. The third kappa shape index (κ3) is 2.50. The third-order valence-corrected chi connectivity index (χ3v) is 3.63. The smallest absolute Gasteiger partial charge is 0.138 e. The first-order chi connectivity index (χ1) is 10.9. The number of rotatable bonds is 4. The lowest BCUT2D eigenvalue weighted by molar-refractivity contribution is 0.301. The minimum atomic E-state index is 0.456. The maximum atomic E-state index is 5.79. The number of nitrogens with zero attached hydrogens (tertiary/aromatic N) is 4. The van der Waals surface area contributed by atoms with Crippen molar-refractivity contribution in [1.29, 1.82) is 0 Å². The van der Waals surface area contributed by atoms with Gasteiger partial charge in [-0.1, -0.05) is 6.07 Å². The Morgan fingerprint density at radius 1 is 1.14 bits per heavy atom. The fraction of sp³-hybridized carbons (Fsp3) is 0.188. The van der Waals surface area contributed by atoms with E-state index in [1.807, 2.05) is 30.3 Å². The maximum absolute atomic E-state index is 5.79. The molecule has 0 aliphatic carbocycles. The van der Waals surface area contributed by atoms with E-state index in [9.17, 15) is 0 Å². The first-order valence-electron chi connectivity index (χ1n) is 7.19. The SMILES string of the molecule is c1ncn(-c2ccc(OCc3ccc4c(n3)NCC4)cc2)n1. The second-order valence-electron chi connectivity index (χ2n) is 5.11. The van der Waals surface area contributed by atoms with Gasteiger partial charge in [0.2, 0.25) is 0 Å². The van der Waals surface area contributed by atoms with Crippen LogP contribution in [-0.4, -0.2) is 26.3 Å². The third-order valence-electron chi connectivity index (χ3n) is 3.63. The summed E-state index contributed by atoms with van der Waals surface area (Å²) in [7, 11) is 0. The molecular formula is C16H15N5O. The number of nitrogens with one attached hydrogen (secondary N) is 1. The number of hydrogen-bond donors (Lipinski definition) is 1. The minimum Gasteiger partial charge on any atom is -0.487 e. The molecule has 1 N–H and O–H groups in total. The number of aromatic nitrogens is 4. The molecule has 0 spiro atoms. The maximum Gasteiger partial charge on any atom is 0.138 e. The molecule has 3 aromatic rings. The van der Waals surface area contributed by atoms with Gasteiger partial charge >= 0.3 is 0 Å². The van der Waals surface area contributed by atoms with Crippen LogP contribution in [0.4, 0.5) is 5.82 Å². The Labute approximate surface area is 127 Å². The number of pyridine rings is 1. The summed E-state index contributed by atoms with van der Waals surface area (Å²) in [5, 5.41) is 7.37. The van der Waals surface area contributed by atoms with Gasteiger partial charge in [-0.05, 0) is 42.3 Å². The predicted molar refractivity (Wildman–Crippen MR) is 82.1 cm³/mol. The van der Waals surface area contributed by atoms with Crippen molar-refractivity contribution in [3.63, 3.8) is 0 Å². The molecule has 6 heteroatoms. The zero-order valence-electron chi connectivity index (χ0n) is 11.9. The van der Waals surface area contributed by atoms with Gasteiger partial charge in [0, 0.05) is 6.54 Å². The van der Waals surface area contributed by atoms with Gasteiger partial charge in [0.15, 0.2) is 0 Å². The summed E-state index contributed by atoms with van der Waals surface area (Å²) in [5.41, 5.74) is 3.15. The molecule has 0 bridgehead atoms. The van der Waals surface area contributed by atoms with Gasteiger partial charge in [-0.2, -0.15) is 5.10 Å². The van der Waals surface area contributed by atoms with Crippen LogP contribution in [0.2, 0.25) is 0 Å². The Morgan fingerprint density at radius 2 is 2.05 bits per heavy atom. The van der Waals surface area contributed by atoms with E-state index in [-0.39, 0.29) is 0 Å². The molecule has 0 atom stereocenters. The van der Waals surface area contributed by atoms with Crippen molar-refractivity contribution in [3.05, 3.63) is 60.3 Å². The van der Waals surface area contributed by atoms with E-state index in [2.05, 4.69) is 26.4 Å². The molecule has 2 aromatic heterocycles. The number of hydrogen-bond acceptors (Lipinski definition) is 5. The fourth-order valence-electron chi connectivity index (χ4n) is 2.47. The molecule has 6 nitrogen and oxygen atoms in total. The van der Waals surface area contributed by atoms with Crippen LogP contribution in [0.3, 0.4) is 0 Å². The van der Waals surface area contributed by atoms with E-state index in [0.29, 0.717) is 6.61 Å². The van der Waals surface area contributed by atoms with E-state index in [4.69, 9.17) is 4.74 Å². The quantitative estimate of drug-likeness (QED) is 0.799. The average Bonchev–Trinajstić information content (AvgIpc) is 3.24. The van der Waals surface area contributed by atoms with Crippen LogP contribution in [0, 0.1) is 0 Å². The van der Waals surface area contributed by atoms with Crippen LogP contribution in [0.5, 0.6) is 5.75 Å². The molecule has 1 aliphatic heterocycles. The van der Waals surface area contributed by atoms with Crippen LogP contribution in [0.25, 0.3) is 5.69 Å². The highest BCUT2D eigenvalue weighted by molar-refractivity contribution is 5.49. The van der Waals surface area contributed by atoms with Crippen LogP contribution < -0.4 is 10.1 Å². The second kappa shape index (κ2) is 5.48. The summed E-state index contributed by atoms with van der Waals surface area (Å²) in [6.07, 6.45) is 4.22. The lowest BCUT2D eigenvalue weighted by Crippen LogP contribution is -2.01. The van der Waals surface area contributed by atoms with E-state index < -0.39 is 0 Å². The van der Waals surface area contributed by atoms with Crippen molar-refractivity contribution in [2.75, 3.05) is 11.9 Å². The molecule has 3 heterocycles. The molecule has 22 heavy (non-hydrogen) atoms. The minimum absolute atomic E-state index is 0.456. The highest BCUT2D eigenvalue weighted by Gasteiger charge is 2.11. The lowest BCUT2D eigenvalue weighted by Gasteiger charge is -2.08. The first-order valence-corrected chi connectivity index (χ1v) is 7.19. The van der Waals surface area contributed by atoms with Gasteiger partial charge in [0.05, 0.1) is 11.4 Å². The summed E-state index contributed by atoms with van der Waals surface area (Å²) in [6, 6.07) is 11.9. The molecule has 0 fully saturated rings. The summed E-state index contributed by atoms with van der Waals surface area (Å²) in [4.78, 5) is 8.50. The van der Waals surface area contributed by atoms with E-state index in [0.717, 1.165) is 35.9 Å². The monoisotopic (exact) mass is 293 g/mol. The molecule has 0 unspecified atom stereocenters. The average molecular weight is 293 g/mol. The fourth-order valence-corrected chi connectivity index (χ4v) is 2.47. The molecule has 0 amide bonds. The van der Waals surface area contributed by atoms with Gasteiger partial charge in [-0.15, -0.1) is 0 Å². The molecule has 4 rings (SSSR count). The van der Waals surface area contributed by atoms with Crippen LogP contribution in [0.15, 0.2) is 49.1 Å². The standard InChI is InChI=1S/C16H15N5O/c1-2-13(20-16-12(1)7-8-18-16)9-22-15-5-3-14(4-6-15)21-11-17-10-19-21/h1-6,10-11H,7-9H2,(H,18,20). The van der Waals surface area contributed by atoms with Crippen molar-refractivity contribution >= 4 is 5.82 Å². The number of fused-ring (bicyclic) bond motifs is 1. The van der Waals surface area contributed by atoms with Gasteiger partial charge in [0.1, 0.15) is 30.8 Å². The zero-order valence-corrected chi connectivity index (χ0v) is 11.9. The number of anilines is 1. The summed E-state index contributed by atoms with van der Waals surface area (Å²) >= 11 is 0. The first kappa shape index (κ1) is 12.8. The van der Waals surface area contributed by atoms with Gasteiger partial charge in [-0.3, -0.25) is 0 Å². The van der Waals surface area contributed by atoms with Crippen molar-refractivity contribution in [1.82, 2.24) is 19.7 Å². The molecule has 0 radical (unpaired) electrons.